The summed E-state index contributed by atoms with van der Waals surface area (Å²) in [6.45, 7) is 0.669. The maximum Gasteiger partial charge on any atom is 0.279 e. The average Bonchev–Trinajstić information content (AvgIpc) is 2.48. The normalized spacial score (nSPS) is 41.9. The first-order chi connectivity index (χ1) is 10.9. The van der Waals surface area contributed by atoms with Crippen molar-refractivity contribution in [2.45, 2.75) is 44.6 Å². The van der Waals surface area contributed by atoms with Crippen LogP contribution in [0.15, 0.2) is 0 Å². The summed E-state index contributed by atoms with van der Waals surface area (Å²) in [4.78, 5) is 12.6. The number of carbonyl (C=O) groups excluding carboxylic acids is 1. The van der Waals surface area contributed by atoms with Crippen LogP contribution >= 0.6 is 11.8 Å². The van der Waals surface area contributed by atoms with Crippen LogP contribution in [0, 0.1) is 23.7 Å². The highest BCUT2D eigenvalue weighted by atomic mass is 35.5. The van der Waals surface area contributed by atoms with E-state index >= 15 is 0 Å². The summed E-state index contributed by atoms with van der Waals surface area (Å²) in [5.74, 6) is 2.37. The van der Waals surface area contributed by atoms with Crippen molar-refractivity contribution < 1.29 is 13.2 Å². The van der Waals surface area contributed by atoms with Crippen LogP contribution in [0.1, 0.15) is 38.5 Å². The van der Waals surface area contributed by atoms with Gasteiger partial charge >= 0.3 is 0 Å². The molecule has 130 valence electrons. The second kappa shape index (κ2) is 5.86. The lowest BCUT2D eigenvalue weighted by molar-refractivity contribution is -0.135. The third-order valence-electron chi connectivity index (χ3n) is 6.20. The first-order valence-corrected chi connectivity index (χ1v) is 10.4. The Hall–Kier alpha value is -0.370. The van der Waals surface area contributed by atoms with E-state index in [0.29, 0.717) is 31.3 Å². The molecule has 4 aliphatic carbocycles. The fourth-order valence-corrected chi connectivity index (χ4v) is 7.09. The minimum atomic E-state index is -3.53. The van der Waals surface area contributed by atoms with Crippen molar-refractivity contribution in [2.24, 2.45) is 23.7 Å². The molecule has 1 amide bonds. The Morgan fingerprint density at radius 3 is 2.30 bits per heavy atom. The standard InChI is InChI=1S/C15H24ClN3O3S/c16-19(14(20)9-18-3-1-2-17-23(18,21)22)15-12-5-10-4-11(7-12)8-13(15)6-10/h10-13,15,17H,1-9H2. The van der Waals surface area contributed by atoms with Crippen molar-refractivity contribution in [3.8, 4) is 0 Å². The van der Waals surface area contributed by atoms with Crippen molar-refractivity contribution in [1.29, 1.82) is 0 Å². The van der Waals surface area contributed by atoms with E-state index in [4.69, 9.17) is 11.8 Å². The van der Waals surface area contributed by atoms with Crippen LogP contribution in [0.25, 0.3) is 0 Å². The van der Waals surface area contributed by atoms with Gasteiger partial charge in [-0.1, -0.05) is 0 Å². The molecule has 5 fully saturated rings. The van der Waals surface area contributed by atoms with Crippen LogP contribution in [0.4, 0.5) is 0 Å². The van der Waals surface area contributed by atoms with Crippen LogP contribution in [-0.4, -0.2) is 48.7 Å². The van der Waals surface area contributed by atoms with Crippen molar-refractivity contribution in [2.75, 3.05) is 19.6 Å². The van der Waals surface area contributed by atoms with E-state index in [9.17, 15) is 13.2 Å². The van der Waals surface area contributed by atoms with E-state index in [1.54, 1.807) is 0 Å². The number of carbonyl (C=O) groups is 1. The molecule has 1 saturated heterocycles. The Labute approximate surface area is 142 Å². The molecule has 0 atom stereocenters. The number of rotatable bonds is 3. The van der Waals surface area contributed by atoms with Gasteiger partial charge in [-0.25, -0.2) is 9.14 Å². The van der Waals surface area contributed by atoms with Gasteiger partial charge in [-0.15, -0.1) is 0 Å². The van der Waals surface area contributed by atoms with Crippen molar-refractivity contribution in [1.82, 2.24) is 13.4 Å². The molecule has 6 nitrogen and oxygen atoms in total. The molecule has 23 heavy (non-hydrogen) atoms. The Balaban J connectivity index is 1.44. The minimum absolute atomic E-state index is 0.0948. The molecule has 5 aliphatic rings. The van der Waals surface area contributed by atoms with Gasteiger partial charge in [0, 0.05) is 24.9 Å². The maximum absolute atomic E-state index is 12.6. The topological polar surface area (TPSA) is 69.7 Å². The average molecular weight is 362 g/mol. The van der Waals surface area contributed by atoms with Gasteiger partial charge in [0.15, 0.2) is 0 Å². The molecule has 1 N–H and O–H groups in total. The smallest absolute Gasteiger partial charge is 0.272 e. The highest BCUT2D eigenvalue weighted by molar-refractivity contribution is 7.87. The molecule has 0 aromatic rings. The van der Waals surface area contributed by atoms with Crippen LogP contribution in [-0.2, 0) is 15.0 Å². The molecule has 0 spiro atoms. The third kappa shape index (κ3) is 2.90. The summed E-state index contributed by atoms with van der Waals surface area (Å²) in [6, 6.07) is 0.0948. The minimum Gasteiger partial charge on any atom is -0.272 e. The fraction of sp³-hybridized carbons (Fsp3) is 0.933. The predicted octanol–water partition coefficient (Wildman–Crippen LogP) is 1.33. The zero-order valence-electron chi connectivity index (χ0n) is 13.2. The molecular weight excluding hydrogens is 338 g/mol. The van der Waals surface area contributed by atoms with E-state index < -0.39 is 10.2 Å². The zero-order valence-corrected chi connectivity index (χ0v) is 14.7. The Morgan fingerprint density at radius 2 is 1.74 bits per heavy atom. The summed E-state index contributed by atoms with van der Waals surface area (Å²) in [5.41, 5.74) is 0. The molecule has 4 saturated carbocycles. The van der Waals surface area contributed by atoms with Gasteiger partial charge in [0.1, 0.15) is 0 Å². The first kappa shape index (κ1) is 16.1. The molecule has 1 aliphatic heterocycles. The van der Waals surface area contributed by atoms with Gasteiger partial charge in [-0.3, -0.25) is 4.79 Å². The summed E-state index contributed by atoms with van der Waals surface area (Å²) in [6.07, 6.45) is 6.78. The van der Waals surface area contributed by atoms with E-state index in [1.165, 1.54) is 40.8 Å². The second-order valence-corrected chi connectivity index (χ2v) is 9.83. The van der Waals surface area contributed by atoms with Gasteiger partial charge in [-0.05, 0) is 62.2 Å². The van der Waals surface area contributed by atoms with Crippen LogP contribution in [0.3, 0.4) is 0 Å². The monoisotopic (exact) mass is 361 g/mol. The molecule has 0 radical (unpaired) electrons. The van der Waals surface area contributed by atoms with Crippen LogP contribution in [0.2, 0.25) is 0 Å². The van der Waals surface area contributed by atoms with Crippen LogP contribution < -0.4 is 4.72 Å². The lowest BCUT2D eigenvalue weighted by Gasteiger charge is -2.55. The lowest BCUT2D eigenvalue weighted by Crippen LogP contribution is -2.57. The largest absolute Gasteiger partial charge is 0.279 e. The van der Waals surface area contributed by atoms with Gasteiger partial charge in [0.25, 0.3) is 16.1 Å². The number of hydrogen-bond acceptors (Lipinski definition) is 3. The van der Waals surface area contributed by atoms with Gasteiger partial charge in [-0.2, -0.15) is 12.7 Å². The molecule has 8 heteroatoms. The molecule has 0 aromatic heterocycles. The SMILES string of the molecule is O=C(CN1CCCNS1(=O)=O)N(Cl)C1C2CC3CC(C2)CC1C3. The van der Waals surface area contributed by atoms with Crippen molar-refractivity contribution in [3.63, 3.8) is 0 Å². The Kier molecular flexibility index (Phi) is 4.11. The second-order valence-electron chi connectivity index (χ2n) is 7.71. The molecule has 0 aromatic carbocycles. The van der Waals surface area contributed by atoms with E-state index in [2.05, 4.69) is 4.72 Å². The molecule has 1 heterocycles. The van der Waals surface area contributed by atoms with E-state index in [-0.39, 0.29) is 18.5 Å². The summed E-state index contributed by atoms with van der Waals surface area (Å²) < 4.78 is 29.0. The quantitative estimate of drug-likeness (QED) is 0.771. The Bertz CT molecular complexity index is 569. The number of halogens is 1. The molecular formula is C15H24ClN3O3S. The summed E-state index contributed by atoms with van der Waals surface area (Å²) in [7, 11) is -3.53. The number of hydrogen-bond donors (Lipinski definition) is 1. The van der Waals surface area contributed by atoms with Gasteiger partial charge < -0.3 is 0 Å². The van der Waals surface area contributed by atoms with E-state index in [0.717, 1.165) is 11.8 Å². The number of amides is 1. The predicted molar refractivity (Wildman–Crippen MR) is 86.6 cm³/mol. The summed E-state index contributed by atoms with van der Waals surface area (Å²) >= 11 is 6.43. The van der Waals surface area contributed by atoms with Crippen molar-refractivity contribution >= 4 is 27.9 Å². The fourth-order valence-electron chi connectivity index (χ4n) is 5.48. The number of nitrogens with one attached hydrogen (secondary N) is 1. The lowest BCUT2D eigenvalue weighted by atomic mass is 9.54. The van der Waals surface area contributed by atoms with Crippen LogP contribution in [0.5, 0.6) is 0 Å². The van der Waals surface area contributed by atoms with Gasteiger partial charge in [0.2, 0.25) is 0 Å². The third-order valence-corrected chi connectivity index (χ3v) is 8.17. The number of nitrogens with zero attached hydrogens (tertiary/aromatic N) is 2. The molecule has 0 unspecified atom stereocenters. The van der Waals surface area contributed by atoms with E-state index in [1.807, 2.05) is 0 Å². The zero-order chi connectivity index (χ0) is 16.2. The highest BCUT2D eigenvalue weighted by Crippen LogP contribution is 2.55. The van der Waals surface area contributed by atoms with Crippen molar-refractivity contribution in [3.05, 3.63) is 0 Å². The molecule has 5 rings (SSSR count). The van der Waals surface area contributed by atoms with Gasteiger partial charge in [0.05, 0.1) is 12.6 Å². The molecule has 4 bridgehead atoms. The first-order valence-electron chi connectivity index (χ1n) is 8.66. The highest BCUT2D eigenvalue weighted by Gasteiger charge is 2.51. The maximum atomic E-state index is 12.6. The Morgan fingerprint density at radius 1 is 1.13 bits per heavy atom. The summed E-state index contributed by atoms with van der Waals surface area (Å²) in [5, 5.41) is 0.